The van der Waals surface area contributed by atoms with Crippen molar-refractivity contribution in [1.82, 2.24) is 0 Å². The third-order valence-electron chi connectivity index (χ3n) is 2.45. The summed E-state index contributed by atoms with van der Waals surface area (Å²) in [6.07, 6.45) is -5.05. The molecule has 2 N–H and O–H groups in total. The van der Waals surface area contributed by atoms with Crippen LogP contribution in [0.5, 0.6) is 5.75 Å². The lowest BCUT2D eigenvalue weighted by atomic mass is 10.1. The molecule has 0 radical (unpaired) electrons. The smallest absolute Gasteiger partial charge is 0.432 e. The minimum absolute atomic E-state index is 0.101. The molecule has 0 heterocycles. The first-order valence-corrected chi connectivity index (χ1v) is 5.74. The zero-order valence-corrected chi connectivity index (χ0v) is 11.5. The molecule has 1 aromatic rings. The SMILES string of the molecule is COC(=O)C(C(=O)OC)=C(Nc1ccc(O)cc1)C(F)(F)F. The molecule has 0 bridgehead atoms. The minimum atomic E-state index is -5.05. The van der Waals surface area contributed by atoms with E-state index in [4.69, 9.17) is 5.11 Å². The molecule has 0 unspecified atom stereocenters. The Morgan fingerprint density at radius 3 is 1.86 bits per heavy atom. The maximum Gasteiger partial charge on any atom is 0.432 e. The van der Waals surface area contributed by atoms with Gasteiger partial charge in [-0.25, -0.2) is 9.59 Å². The van der Waals surface area contributed by atoms with Crippen molar-refractivity contribution >= 4 is 17.6 Å². The molecule has 0 aliphatic carbocycles. The Kier molecular flexibility index (Phi) is 5.39. The fraction of sp³-hybridized carbons (Fsp3) is 0.231. The van der Waals surface area contributed by atoms with Gasteiger partial charge >= 0.3 is 18.1 Å². The number of aromatic hydroxyl groups is 1. The molecular formula is C13H12F3NO5. The molecule has 0 saturated heterocycles. The van der Waals surface area contributed by atoms with Crippen LogP contribution in [0, 0.1) is 0 Å². The van der Waals surface area contributed by atoms with Gasteiger partial charge in [0.2, 0.25) is 0 Å². The average molecular weight is 319 g/mol. The number of rotatable bonds is 4. The zero-order valence-electron chi connectivity index (χ0n) is 11.5. The Bertz CT molecular complexity index is 575. The van der Waals surface area contributed by atoms with Crippen LogP contribution in [-0.4, -0.2) is 37.4 Å². The summed E-state index contributed by atoms with van der Waals surface area (Å²) in [5, 5.41) is 11.0. The third-order valence-corrected chi connectivity index (χ3v) is 2.45. The first-order chi connectivity index (χ1) is 10.2. The van der Waals surface area contributed by atoms with Gasteiger partial charge in [0, 0.05) is 5.69 Å². The highest BCUT2D eigenvalue weighted by Crippen LogP contribution is 2.31. The maximum atomic E-state index is 13.1. The first-order valence-electron chi connectivity index (χ1n) is 5.74. The predicted molar refractivity (Wildman–Crippen MR) is 68.8 cm³/mol. The van der Waals surface area contributed by atoms with Crippen molar-refractivity contribution in [3.63, 3.8) is 0 Å². The van der Waals surface area contributed by atoms with Gasteiger partial charge < -0.3 is 19.9 Å². The van der Waals surface area contributed by atoms with Gasteiger partial charge in [-0.05, 0) is 24.3 Å². The van der Waals surface area contributed by atoms with Crippen LogP contribution < -0.4 is 5.32 Å². The van der Waals surface area contributed by atoms with Gasteiger partial charge in [0.15, 0.2) is 5.57 Å². The molecule has 0 saturated carbocycles. The second-order valence-corrected chi connectivity index (χ2v) is 3.90. The molecular weight excluding hydrogens is 307 g/mol. The van der Waals surface area contributed by atoms with Crippen LogP contribution in [0.15, 0.2) is 35.5 Å². The van der Waals surface area contributed by atoms with E-state index in [-0.39, 0.29) is 11.4 Å². The molecule has 0 aliphatic heterocycles. The number of carbonyl (C=O) groups excluding carboxylic acids is 2. The summed E-state index contributed by atoms with van der Waals surface area (Å²) in [5.41, 5.74) is -3.04. The maximum absolute atomic E-state index is 13.1. The zero-order chi connectivity index (χ0) is 16.9. The van der Waals surface area contributed by atoms with Crippen molar-refractivity contribution in [2.45, 2.75) is 6.18 Å². The number of anilines is 1. The van der Waals surface area contributed by atoms with Gasteiger partial charge in [-0.2, -0.15) is 13.2 Å². The number of esters is 2. The number of hydrogen-bond donors (Lipinski definition) is 2. The number of ether oxygens (including phenoxy) is 2. The summed E-state index contributed by atoms with van der Waals surface area (Å²) < 4.78 is 47.8. The number of carbonyl (C=O) groups is 2. The van der Waals surface area contributed by atoms with E-state index in [0.29, 0.717) is 0 Å². The Hall–Kier alpha value is -2.71. The normalized spacial score (nSPS) is 10.6. The fourth-order valence-electron chi connectivity index (χ4n) is 1.46. The van der Waals surface area contributed by atoms with Crippen molar-refractivity contribution in [2.75, 3.05) is 19.5 Å². The van der Waals surface area contributed by atoms with Gasteiger partial charge in [0.25, 0.3) is 0 Å². The van der Waals surface area contributed by atoms with E-state index < -0.39 is 29.4 Å². The van der Waals surface area contributed by atoms with Crippen LogP contribution in [0.4, 0.5) is 18.9 Å². The van der Waals surface area contributed by atoms with Crippen molar-refractivity contribution in [2.24, 2.45) is 0 Å². The fourth-order valence-corrected chi connectivity index (χ4v) is 1.46. The van der Waals surface area contributed by atoms with E-state index >= 15 is 0 Å². The van der Waals surface area contributed by atoms with E-state index in [0.717, 1.165) is 38.5 Å². The van der Waals surface area contributed by atoms with Crippen molar-refractivity contribution < 1.29 is 37.3 Å². The molecule has 1 rings (SSSR count). The lowest BCUT2D eigenvalue weighted by molar-refractivity contribution is -0.146. The molecule has 120 valence electrons. The monoisotopic (exact) mass is 319 g/mol. The average Bonchev–Trinajstić information content (AvgIpc) is 2.46. The lowest BCUT2D eigenvalue weighted by Gasteiger charge is -2.17. The Morgan fingerprint density at radius 2 is 1.50 bits per heavy atom. The largest absolute Gasteiger partial charge is 0.508 e. The van der Waals surface area contributed by atoms with E-state index in [9.17, 15) is 22.8 Å². The van der Waals surface area contributed by atoms with Crippen LogP contribution in [0.1, 0.15) is 0 Å². The van der Waals surface area contributed by atoms with Gasteiger partial charge in [0.1, 0.15) is 11.4 Å². The number of phenols is 1. The van der Waals surface area contributed by atoms with Crippen LogP contribution in [0.25, 0.3) is 0 Å². The van der Waals surface area contributed by atoms with E-state index in [2.05, 4.69) is 9.47 Å². The summed E-state index contributed by atoms with van der Waals surface area (Å²) in [6.45, 7) is 0. The van der Waals surface area contributed by atoms with Crippen molar-refractivity contribution in [1.29, 1.82) is 0 Å². The highest BCUT2D eigenvalue weighted by molar-refractivity contribution is 6.15. The van der Waals surface area contributed by atoms with Crippen molar-refractivity contribution in [3.05, 3.63) is 35.5 Å². The Labute approximate surface area is 123 Å². The van der Waals surface area contributed by atoms with Gasteiger partial charge in [0.05, 0.1) is 14.2 Å². The summed E-state index contributed by atoms with van der Waals surface area (Å²) in [5.74, 6) is -3.15. The van der Waals surface area contributed by atoms with E-state index in [1.54, 1.807) is 0 Å². The summed E-state index contributed by atoms with van der Waals surface area (Å²) >= 11 is 0. The molecule has 0 aliphatic rings. The Balaban J connectivity index is 3.41. The van der Waals surface area contributed by atoms with Crippen LogP contribution in [0.2, 0.25) is 0 Å². The second kappa shape index (κ2) is 6.83. The number of allylic oxidation sites excluding steroid dienone is 1. The molecule has 0 atom stereocenters. The van der Waals surface area contributed by atoms with E-state index in [1.165, 1.54) is 0 Å². The number of methoxy groups -OCH3 is 2. The third kappa shape index (κ3) is 4.14. The summed E-state index contributed by atoms with van der Waals surface area (Å²) in [6, 6.07) is 4.53. The number of alkyl halides is 3. The highest BCUT2D eigenvalue weighted by Gasteiger charge is 2.42. The standard InChI is InChI=1S/C13H12F3NO5/c1-21-11(19)9(12(20)22-2)10(13(14,15)16)17-7-3-5-8(18)6-4-7/h3-6,17-18H,1-2H3. The van der Waals surface area contributed by atoms with E-state index in [1.807, 2.05) is 5.32 Å². The molecule has 22 heavy (non-hydrogen) atoms. The number of nitrogens with one attached hydrogen (secondary N) is 1. The predicted octanol–water partition coefficient (Wildman–Crippen LogP) is 1.97. The lowest BCUT2D eigenvalue weighted by Crippen LogP contribution is -2.29. The quantitative estimate of drug-likeness (QED) is 0.290. The van der Waals surface area contributed by atoms with Crippen LogP contribution in [0.3, 0.4) is 0 Å². The molecule has 0 fully saturated rings. The molecule has 0 amide bonds. The van der Waals surface area contributed by atoms with Crippen LogP contribution in [-0.2, 0) is 19.1 Å². The molecule has 0 aromatic heterocycles. The molecule has 1 aromatic carbocycles. The second-order valence-electron chi connectivity index (χ2n) is 3.90. The molecule has 6 nitrogen and oxygen atoms in total. The molecule has 9 heteroatoms. The number of benzene rings is 1. The summed E-state index contributed by atoms with van der Waals surface area (Å²) in [7, 11) is 1.67. The Morgan fingerprint density at radius 1 is 1.05 bits per heavy atom. The van der Waals surface area contributed by atoms with Gasteiger partial charge in [-0.3, -0.25) is 0 Å². The van der Waals surface area contributed by atoms with Crippen LogP contribution >= 0.6 is 0 Å². The molecule has 0 spiro atoms. The topological polar surface area (TPSA) is 84.9 Å². The highest BCUT2D eigenvalue weighted by atomic mass is 19.4. The summed E-state index contributed by atoms with van der Waals surface area (Å²) in [4.78, 5) is 23.0. The number of hydrogen-bond acceptors (Lipinski definition) is 6. The van der Waals surface area contributed by atoms with Gasteiger partial charge in [-0.15, -0.1) is 0 Å². The number of phenolic OH excluding ortho intramolecular Hbond substituents is 1. The minimum Gasteiger partial charge on any atom is -0.508 e. The van der Waals surface area contributed by atoms with Crippen molar-refractivity contribution in [3.8, 4) is 5.75 Å². The van der Waals surface area contributed by atoms with Gasteiger partial charge in [-0.1, -0.05) is 0 Å². The number of halogens is 3. The first kappa shape index (κ1) is 17.3.